The molecule has 1 atom stereocenters. The Balaban J connectivity index is 2.13. The van der Waals surface area contributed by atoms with E-state index in [0.29, 0.717) is 29.9 Å². The molecule has 1 fully saturated rings. The van der Waals surface area contributed by atoms with Crippen LogP contribution in [0.2, 0.25) is 0 Å². The van der Waals surface area contributed by atoms with Crippen LogP contribution in [0.15, 0.2) is 48.0 Å². The molecule has 1 aliphatic rings. The molecule has 2 aromatic rings. The SMILES string of the molecule is COCCCN1C(=O)C(=O)/C(=C(\O)c2ccc(OC)c(C)c2)C1c1cccc(O)c1. The van der Waals surface area contributed by atoms with Gasteiger partial charge in [0.1, 0.15) is 17.3 Å². The van der Waals surface area contributed by atoms with Gasteiger partial charge in [-0.1, -0.05) is 12.1 Å². The van der Waals surface area contributed by atoms with Crippen molar-refractivity contribution in [2.75, 3.05) is 27.4 Å². The number of amides is 1. The summed E-state index contributed by atoms with van der Waals surface area (Å²) in [6.45, 7) is 2.52. The molecule has 7 nitrogen and oxygen atoms in total. The third-order valence-corrected chi connectivity index (χ3v) is 5.14. The average molecular weight is 411 g/mol. The lowest BCUT2D eigenvalue weighted by Crippen LogP contribution is -2.31. The summed E-state index contributed by atoms with van der Waals surface area (Å²) in [5.41, 5.74) is 1.73. The van der Waals surface area contributed by atoms with E-state index in [0.717, 1.165) is 5.56 Å². The van der Waals surface area contributed by atoms with Gasteiger partial charge in [-0.2, -0.15) is 0 Å². The fourth-order valence-corrected chi connectivity index (χ4v) is 3.71. The van der Waals surface area contributed by atoms with Crippen molar-refractivity contribution in [2.45, 2.75) is 19.4 Å². The Morgan fingerprint density at radius 1 is 1.13 bits per heavy atom. The number of phenolic OH excluding ortho intramolecular Hbond substituents is 1. The van der Waals surface area contributed by atoms with Gasteiger partial charge in [-0.25, -0.2) is 0 Å². The Kier molecular flexibility index (Phi) is 6.42. The molecule has 7 heteroatoms. The van der Waals surface area contributed by atoms with Crippen LogP contribution < -0.4 is 4.74 Å². The number of likely N-dealkylation sites (tertiary alicyclic amines) is 1. The van der Waals surface area contributed by atoms with Crippen LogP contribution in [0.1, 0.15) is 29.2 Å². The van der Waals surface area contributed by atoms with Crippen molar-refractivity contribution in [2.24, 2.45) is 0 Å². The van der Waals surface area contributed by atoms with E-state index in [1.54, 1.807) is 44.6 Å². The molecule has 30 heavy (non-hydrogen) atoms. The van der Waals surface area contributed by atoms with E-state index in [1.807, 2.05) is 6.92 Å². The summed E-state index contributed by atoms with van der Waals surface area (Å²) >= 11 is 0. The predicted molar refractivity (Wildman–Crippen MR) is 111 cm³/mol. The lowest BCUT2D eigenvalue weighted by molar-refractivity contribution is -0.140. The summed E-state index contributed by atoms with van der Waals surface area (Å²) in [4.78, 5) is 27.1. The Hall–Kier alpha value is -3.32. The zero-order chi connectivity index (χ0) is 21.8. The molecule has 3 rings (SSSR count). The van der Waals surface area contributed by atoms with E-state index in [1.165, 1.54) is 17.0 Å². The van der Waals surface area contributed by atoms with Crippen LogP contribution >= 0.6 is 0 Å². The maximum atomic E-state index is 12.9. The first-order valence-electron chi connectivity index (χ1n) is 9.60. The minimum atomic E-state index is -0.809. The van der Waals surface area contributed by atoms with Crippen molar-refractivity contribution in [3.63, 3.8) is 0 Å². The number of benzene rings is 2. The molecule has 1 saturated heterocycles. The molecule has 0 radical (unpaired) electrons. The van der Waals surface area contributed by atoms with Crippen LogP contribution in [0, 0.1) is 6.92 Å². The molecule has 1 heterocycles. The molecular formula is C23H25NO6. The third-order valence-electron chi connectivity index (χ3n) is 5.14. The van der Waals surface area contributed by atoms with Gasteiger partial charge in [0.2, 0.25) is 0 Å². The molecule has 0 bridgehead atoms. The van der Waals surface area contributed by atoms with Crippen LogP contribution in [0.25, 0.3) is 5.76 Å². The lowest BCUT2D eigenvalue weighted by Gasteiger charge is -2.25. The van der Waals surface area contributed by atoms with Crippen LogP contribution in [0.4, 0.5) is 0 Å². The molecule has 0 aromatic heterocycles. The molecule has 1 aliphatic heterocycles. The first-order chi connectivity index (χ1) is 14.4. The van der Waals surface area contributed by atoms with Gasteiger partial charge < -0.3 is 24.6 Å². The van der Waals surface area contributed by atoms with Crippen molar-refractivity contribution >= 4 is 17.4 Å². The highest BCUT2D eigenvalue weighted by Gasteiger charge is 2.45. The smallest absolute Gasteiger partial charge is 0.295 e. The summed E-state index contributed by atoms with van der Waals surface area (Å²) < 4.78 is 10.3. The lowest BCUT2D eigenvalue weighted by atomic mass is 9.94. The Bertz CT molecular complexity index is 997. The largest absolute Gasteiger partial charge is 0.508 e. The number of ketones is 1. The van der Waals surface area contributed by atoms with Crippen LogP contribution in [-0.2, 0) is 14.3 Å². The number of hydrogen-bond acceptors (Lipinski definition) is 6. The normalized spacial score (nSPS) is 18.1. The topological polar surface area (TPSA) is 96.3 Å². The third kappa shape index (κ3) is 4.02. The van der Waals surface area contributed by atoms with E-state index in [4.69, 9.17) is 9.47 Å². The fourth-order valence-electron chi connectivity index (χ4n) is 3.71. The summed E-state index contributed by atoms with van der Waals surface area (Å²) in [5.74, 6) is -1.05. The highest BCUT2D eigenvalue weighted by Crippen LogP contribution is 2.40. The first kappa shape index (κ1) is 21.4. The van der Waals surface area contributed by atoms with Crippen molar-refractivity contribution in [3.8, 4) is 11.5 Å². The van der Waals surface area contributed by atoms with Gasteiger partial charge in [0.15, 0.2) is 0 Å². The summed E-state index contributed by atoms with van der Waals surface area (Å²) in [6.07, 6.45) is 0.528. The van der Waals surface area contributed by atoms with E-state index in [-0.39, 0.29) is 23.6 Å². The van der Waals surface area contributed by atoms with Crippen molar-refractivity contribution in [3.05, 3.63) is 64.7 Å². The maximum absolute atomic E-state index is 12.9. The molecule has 1 unspecified atom stereocenters. The highest BCUT2D eigenvalue weighted by atomic mass is 16.5. The number of rotatable bonds is 7. The highest BCUT2D eigenvalue weighted by molar-refractivity contribution is 6.46. The van der Waals surface area contributed by atoms with Gasteiger partial charge in [-0.3, -0.25) is 9.59 Å². The van der Waals surface area contributed by atoms with Gasteiger partial charge in [0.25, 0.3) is 11.7 Å². The van der Waals surface area contributed by atoms with Gasteiger partial charge in [-0.05, 0) is 54.8 Å². The number of nitrogens with zero attached hydrogens (tertiary/aromatic N) is 1. The fraction of sp³-hybridized carbons (Fsp3) is 0.304. The van der Waals surface area contributed by atoms with Crippen LogP contribution in [0.5, 0.6) is 11.5 Å². The van der Waals surface area contributed by atoms with Crippen molar-refractivity contribution in [1.29, 1.82) is 0 Å². The summed E-state index contributed by atoms with van der Waals surface area (Å²) in [7, 11) is 3.11. The van der Waals surface area contributed by atoms with E-state index in [2.05, 4.69) is 0 Å². The summed E-state index contributed by atoms with van der Waals surface area (Å²) in [5, 5.41) is 21.0. The minimum Gasteiger partial charge on any atom is -0.508 e. The van der Waals surface area contributed by atoms with Crippen molar-refractivity contribution < 1.29 is 29.3 Å². The van der Waals surface area contributed by atoms with E-state index in [9.17, 15) is 19.8 Å². The molecule has 1 amide bonds. The molecule has 158 valence electrons. The van der Waals surface area contributed by atoms with Crippen LogP contribution in [-0.4, -0.2) is 54.2 Å². The molecule has 2 N–H and O–H groups in total. The number of carbonyl (C=O) groups is 2. The Labute approximate surface area is 175 Å². The number of hydrogen-bond donors (Lipinski definition) is 2. The quantitative estimate of drug-likeness (QED) is 0.314. The van der Waals surface area contributed by atoms with Crippen LogP contribution in [0.3, 0.4) is 0 Å². The number of aromatic hydroxyl groups is 1. The van der Waals surface area contributed by atoms with Crippen molar-refractivity contribution in [1.82, 2.24) is 4.90 Å². The van der Waals surface area contributed by atoms with Gasteiger partial charge in [-0.15, -0.1) is 0 Å². The zero-order valence-electron chi connectivity index (χ0n) is 17.2. The predicted octanol–water partition coefficient (Wildman–Crippen LogP) is 3.17. The molecular weight excluding hydrogens is 386 g/mol. The number of aryl methyl sites for hydroxylation is 1. The number of Topliss-reactive ketones (excluding diaryl/α,β-unsaturated/α-hetero) is 1. The number of aliphatic hydroxyl groups is 1. The summed E-state index contributed by atoms with van der Waals surface area (Å²) in [6, 6.07) is 10.6. The van der Waals surface area contributed by atoms with Gasteiger partial charge in [0.05, 0.1) is 18.7 Å². The Morgan fingerprint density at radius 2 is 1.90 bits per heavy atom. The zero-order valence-corrected chi connectivity index (χ0v) is 17.2. The molecule has 2 aromatic carbocycles. The Morgan fingerprint density at radius 3 is 2.53 bits per heavy atom. The number of ether oxygens (including phenoxy) is 2. The second-order valence-electron chi connectivity index (χ2n) is 7.12. The van der Waals surface area contributed by atoms with E-state index >= 15 is 0 Å². The van der Waals surface area contributed by atoms with Gasteiger partial charge in [0, 0.05) is 25.8 Å². The average Bonchev–Trinajstić information content (AvgIpc) is 2.98. The second kappa shape index (κ2) is 9.00. The number of phenols is 1. The minimum absolute atomic E-state index is 0.00687. The number of methoxy groups -OCH3 is 2. The molecule has 0 saturated carbocycles. The number of aliphatic hydroxyl groups excluding tert-OH is 1. The monoisotopic (exact) mass is 411 g/mol. The second-order valence-corrected chi connectivity index (χ2v) is 7.12. The first-order valence-corrected chi connectivity index (χ1v) is 9.60. The maximum Gasteiger partial charge on any atom is 0.295 e. The number of carbonyl (C=O) groups excluding carboxylic acids is 2. The molecule has 0 spiro atoms. The molecule has 0 aliphatic carbocycles. The standard InChI is InChI=1S/C23H25NO6/c1-14-12-16(8-9-18(14)30-3)21(26)19-20(15-6-4-7-17(25)13-15)24(10-5-11-29-2)23(28)22(19)27/h4,6-9,12-13,20,25-26H,5,10-11H2,1-3H3/b21-19-. The van der Waals surface area contributed by atoms with Gasteiger partial charge >= 0.3 is 0 Å². The van der Waals surface area contributed by atoms with E-state index < -0.39 is 17.7 Å².